The number of hydrogen-bond donors (Lipinski definition) is 0. The molecule has 0 radical (unpaired) electrons. The van der Waals surface area contributed by atoms with E-state index in [-0.39, 0.29) is 11.6 Å². The Balaban J connectivity index is 1.60. The van der Waals surface area contributed by atoms with Crippen LogP contribution in [0.1, 0.15) is 34.7 Å². The molecule has 2 heterocycles. The average Bonchev–Trinajstić information content (AvgIpc) is 3.17. The minimum atomic E-state index is -0.224. The monoisotopic (exact) mass is 640 g/mol. The number of benzene rings is 3. The van der Waals surface area contributed by atoms with E-state index >= 15 is 0 Å². The molecule has 0 unspecified atom stereocenters. The maximum absolute atomic E-state index is 13.9. The second kappa shape index (κ2) is 9.45. The summed E-state index contributed by atoms with van der Waals surface area (Å²) in [5.74, 6) is 0.711. The first-order valence-corrected chi connectivity index (χ1v) is 14.1. The van der Waals surface area contributed by atoms with E-state index in [1.54, 1.807) is 7.11 Å². The van der Waals surface area contributed by atoms with Crippen molar-refractivity contribution < 1.29 is 4.74 Å². The molecule has 0 spiro atoms. The number of halogens is 3. The Bertz CT molecular complexity index is 1720. The summed E-state index contributed by atoms with van der Waals surface area (Å²) in [6.45, 7) is 0. The van der Waals surface area contributed by atoms with Gasteiger partial charge in [0.25, 0.3) is 5.56 Å². The summed E-state index contributed by atoms with van der Waals surface area (Å²) in [7, 11) is 1.62. The van der Waals surface area contributed by atoms with Crippen molar-refractivity contribution in [3.63, 3.8) is 0 Å². The molecule has 6 rings (SSSR count). The molecule has 1 aromatic heterocycles. The molecule has 8 heteroatoms. The normalized spacial score (nSPS) is 16.8. The number of allylic oxidation sites excluding steroid dienone is 1. The maximum atomic E-state index is 13.9. The number of nitrogens with zero attached hydrogens (tertiary/aromatic N) is 2. The molecule has 0 amide bonds. The highest BCUT2D eigenvalue weighted by molar-refractivity contribution is 9.11. The molecule has 1 aliphatic carbocycles. The first-order chi connectivity index (χ1) is 17.4. The van der Waals surface area contributed by atoms with Crippen LogP contribution in [-0.2, 0) is 6.42 Å². The van der Waals surface area contributed by atoms with Gasteiger partial charge in [-0.1, -0.05) is 59.3 Å². The zero-order chi connectivity index (χ0) is 25.0. The van der Waals surface area contributed by atoms with Crippen molar-refractivity contribution in [1.82, 2.24) is 4.57 Å². The van der Waals surface area contributed by atoms with Gasteiger partial charge in [0.1, 0.15) is 5.75 Å². The fraction of sp³-hybridized carbons (Fsp3) is 0.143. The molecule has 36 heavy (non-hydrogen) atoms. The van der Waals surface area contributed by atoms with E-state index in [1.165, 1.54) is 22.5 Å². The van der Waals surface area contributed by atoms with Crippen molar-refractivity contribution >= 4 is 66.6 Å². The van der Waals surface area contributed by atoms with E-state index in [1.807, 2.05) is 47.0 Å². The van der Waals surface area contributed by atoms with E-state index in [0.29, 0.717) is 20.1 Å². The van der Waals surface area contributed by atoms with Crippen LogP contribution in [0.25, 0.3) is 11.8 Å². The lowest BCUT2D eigenvalue weighted by atomic mass is 9.83. The minimum Gasteiger partial charge on any atom is -0.494 e. The molecule has 0 saturated carbocycles. The van der Waals surface area contributed by atoms with Crippen molar-refractivity contribution in [3.8, 4) is 5.75 Å². The van der Waals surface area contributed by atoms with Gasteiger partial charge in [0, 0.05) is 10.6 Å². The van der Waals surface area contributed by atoms with Gasteiger partial charge in [-0.25, -0.2) is 4.99 Å². The number of fused-ring (bicyclic) bond motifs is 3. The minimum absolute atomic E-state index is 0.0489. The van der Waals surface area contributed by atoms with E-state index in [9.17, 15) is 4.79 Å². The zero-order valence-electron chi connectivity index (χ0n) is 19.1. The topological polar surface area (TPSA) is 43.6 Å². The number of aryl methyl sites for hydroxylation is 1. The molecule has 0 bridgehead atoms. The molecule has 1 aliphatic heterocycles. The number of aromatic nitrogens is 1. The fourth-order valence-electron chi connectivity index (χ4n) is 4.98. The Kier molecular flexibility index (Phi) is 6.28. The second-order valence-corrected chi connectivity index (χ2v) is 11.8. The molecule has 1 atom stereocenters. The standard InChI is InChI=1S/C28H19Br2ClN2O2S/c1-35-26-21(29)12-15(13-22(26)30)14-23-27(34)33-25(17-6-9-18(31)10-7-17)20-11-8-16-4-2-3-5-19(16)24(20)32-28(33)36-23/h2-7,9-10,12-14,25H,8,11H2,1H3/b23-14+/t25-/m1/s1. The van der Waals surface area contributed by atoms with Crippen LogP contribution < -0.4 is 19.6 Å². The summed E-state index contributed by atoms with van der Waals surface area (Å²) < 4.78 is 9.52. The molecule has 0 fully saturated rings. The van der Waals surface area contributed by atoms with E-state index in [4.69, 9.17) is 21.3 Å². The van der Waals surface area contributed by atoms with Crippen molar-refractivity contribution in [2.75, 3.05) is 7.11 Å². The highest BCUT2D eigenvalue weighted by Gasteiger charge is 2.32. The Labute approximate surface area is 233 Å². The van der Waals surface area contributed by atoms with Crippen LogP contribution in [0.2, 0.25) is 5.02 Å². The molecular formula is C28H19Br2ClN2O2S. The summed E-state index contributed by atoms with van der Waals surface area (Å²) in [5, 5.41) is 0.671. The van der Waals surface area contributed by atoms with Gasteiger partial charge in [0.2, 0.25) is 0 Å². The van der Waals surface area contributed by atoms with Crippen LogP contribution in [0.5, 0.6) is 5.75 Å². The predicted octanol–water partition coefficient (Wildman–Crippen LogP) is 6.51. The van der Waals surface area contributed by atoms with Gasteiger partial charge >= 0.3 is 0 Å². The Hall–Kier alpha value is -2.45. The molecule has 4 aromatic rings. The van der Waals surface area contributed by atoms with Gasteiger partial charge in [-0.2, -0.15) is 0 Å². The van der Waals surface area contributed by atoms with Crippen molar-refractivity contribution in [2.24, 2.45) is 4.99 Å². The molecule has 180 valence electrons. The van der Waals surface area contributed by atoms with E-state index in [0.717, 1.165) is 44.2 Å². The van der Waals surface area contributed by atoms with Crippen molar-refractivity contribution in [2.45, 2.75) is 18.9 Å². The zero-order valence-corrected chi connectivity index (χ0v) is 23.8. The van der Waals surface area contributed by atoms with Gasteiger partial charge < -0.3 is 4.74 Å². The summed E-state index contributed by atoms with van der Waals surface area (Å²) in [6, 6.07) is 19.9. The molecular weight excluding hydrogens is 624 g/mol. The van der Waals surface area contributed by atoms with Gasteiger partial charge in [0.05, 0.1) is 32.3 Å². The fourth-order valence-corrected chi connectivity index (χ4v) is 7.65. The third kappa shape index (κ3) is 4.02. The molecule has 4 nitrogen and oxygen atoms in total. The van der Waals surface area contributed by atoms with Crippen LogP contribution in [0, 0.1) is 0 Å². The van der Waals surface area contributed by atoms with Gasteiger partial charge in [-0.15, -0.1) is 0 Å². The Morgan fingerprint density at radius 1 is 1.08 bits per heavy atom. The lowest BCUT2D eigenvalue weighted by molar-refractivity contribution is 0.409. The Morgan fingerprint density at radius 2 is 1.81 bits per heavy atom. The van der Waals surface area contributed by atoms with Crippen LogP contribution >= 0.6 is 54.8 Å². The number of methoxy groups -OCH3 is 1. The third-order valence-electron chi connectivity index (χ3n) is 6.58. The maximum Gasteiger partial charge on any atom is 0.271 e. The molecule has 0 saturated heterocycles. The van der Waals surface area contributed by atoms with Crippen LogP contribution in [0.15, 0.2) is 85.0 Å². The Morgan fingerprint density at radius 3 is 2.53 bits per heavy atom. The smallest absolute Gasteiger partial charge is 0.271 e. The summed E-state index contributed by atoms with van der Waals surface area (Å²) in [6.07, 6.45) is 3.69. The van der Waals surface area contributed by atoms with E-state index < -0.39 is 0 Å². The van der Waals surface area contributed by atoms with Crippen LogP contribution in [-0.4, -0.2) is 11.7 Å². The van der Waals surface area contributed by atoms with E-state index in [2.05, 4.69) is 56.1 Å². The first kappa shape index (κ1) is 23.9. The lowest BCUT2D eigenvalue weighted by Crippen LogP contribution is -2.38. The number of rotatable bonds is 3. The van der Waals surface area contributed by atoms with Gasteiger partial charge in [-0.05, 0) is 97.3 Å². The van der Waals surface area contributed by atoms with Crippen LogP contribution in [0.3, 0.4) is 0 Å². The predicted molar refractivity (Wildman–Crippen MR) is 153 cm³/mol. The largest absolute Gasteiger partial charge is 0.494 e. The number of ether oxygens (including phenoxy) is 1. The van der Waals surface area contributed by atoms with Crippen molar-refractivity contribution in [3.05, 3.63) is 122 Å². The molecule has 0 N–H and O–H groups in total. The quantitative estimate of drug-likeness (QED) is 0.256. The highest BCUT2D eigenvalue weighted by atomic mass is 79.9. The van der Waals surface area contributed by atoms with Crippen molar-refractivity contribution in [1.29, 1.82) is 0 Å². The average molecular weight is 643 g/mol. The van der Waals surface area contributed by atoms with Gasteiger partial charge in [0.15, 0.2) is 4.80 Å². The van der Waals surface area contributed by atoms with Gasteiger partial charge in [-0.3, -0.25) is 9.36 Å². The summed E-state index contributed by atoms with van der Waals surface area (Å²) in [5.41, 5.74) is 6.47. The first-order valence-electron chi connectivity index (χ1n) is 11.4. The van der Waals surface area contributed by atoms with Crippen LogP contribution in [0.4, 0.5) is 0 Å². The SMILES string of the molecule is COc1c(Br)cc(/C=c2/sc3n(c2=O)[C@H](c2ccc(Cl)cc2)C2=C(N=3)c3ccccc3CC2)cc1Br. The number of hydrogen-bond acceptors (Lipinski definition) is 4. The molecule has 2 aliphatic rings. The highest BCUT2D eigenvalue weighted by Crippen LogP contribution is 2.41. The number of thiazole rings is 1. The second-order valence-electron chi connectivity index (χ2n) is 8.68. The lowest BCUT2D eigenvalue weighted by Gasteiger charge is -2.30. The third-order valence-corrected chi connectivity index (χ3v) is 8.99. The summed E-state index contributed by atoms with van der Waals surface area (Å²) in [4.78, 5) is 19.6. The summed E-state index contributed by atoms with van der Waals surface area (Å²) >= 11 is 14.7. The molecule has 3 aromatic carbocycles.